The van der Waals surface area contributed by atoms with E-state index < -0.39 is 12.0 Å². The summed E-state index contributed by atoms with van der Waals surface area (Å²) in [5.74, 6) is -0.151. The minimum Gasteiger partial charge on any atom is -0.477 e. The number of thioether (sulfide) groups is 1. The summed E-state index contributed by atoms with van der Waals surface area (Å²) in [7, 11) is 1.84. The molecule has 112 valence electrons. The van der Waals surface area contributed by atoms with Gasteiger partial charge in [0.05, 0.1) is 0 Å². The Hall–Kier alpha value is -1.43. The van der Waals surface area contributed by atoms with E-state index in [0.717, 1.165) is 5.84 Å². The number of nitrogens with two attached hydrogens (primary N) is 1. The second-order valence-corrected chi connectivity index (χ2v) is 7.10. The predicted molar refractivity (Wildman–Crippen MR) is 77.3 cm³/mol. The largest absolute Gasteiger partial charge is 0.477 e. The van der Waals surface area contributed by atoms with Gasteiger partial charge in [-0.15, -0.1) is 16.9 Å². The van der Waals surface area contributed by atoms with E-state index in [0.29, 0.717) is 11.3 Å². The van der Waals surface area contributed by atoms with Crippen LogP contribution in [-0.2, 0) is 9.59 Å². The number of fused-ring (bicyclic) bond motifs is 3. The summed E-state index contributed by atoms with van der Waals surface area (Å²) in [5.41, 5.74) is 9.30. The van der Waals surface area contributed by atoms with Crippen molar-refractivity contribution in [3.63, 3.8) is 0 Å². The van der Waals surface area contributed by atoms with Gasteiger partial charge in [0.2, 0.25) is 5.91 Å². The average molecular weight is 328 g/mol. The lowest BCUT2D eigenvalue weighted by Crippen LogP contribution is -2.68. The highest BCUT2D eigenvalue weighted by atomic mass is 32.2. The molecule has 4 heterocycles. The SMILES string of the molecule is CN1C2=NNN1SC2C1=C(C(=O)O)N2C(=O)[C@@H](N)C2SC1. The fourth-order valence-electron chi connectivity index (χ4n) is 2.76. The number of rotatable bonds is 2. The quantitative estimate of drug-likeness (QED) is 0.415. The van der Waals surface area contributed by atoms with Crippen LogP contribution in [0.1, 0.15) is 0 Å². The number of β-lactam (4-membered cyclic amide) rings is 1. The number of aliphatic carboxylic acids is 1. The molecular formula is C10H12N6O3S2. The fraction of sp³-hybridized carbons (Fsp3) is 0.500. The van der Waals surface area contributed by atoms with E-state index >= 15 is 0 Å². The van der Waals surface area contributed by atoms with Crippen molar-refractivity contribution in [1.82, 2.24) is 20.0 Å². The van der Waals surface area contributed by atoms with Crippen LogP contribution < -0.4 is 11.3 Å². The van der Waals surface area contributed by atoms with Crippen LogP contribution in [0, 0.1) is 0 Å². The number of carboxylic acid groups (broad SMARTS) is 1. The number of hydrazone groups is 1. The van der Waals surface area contributed by atoms with Crippen molar-refractivity contribution < 1.29 is 14.7 Å². The molecular weight excluding hydrogens is 316 g/mol. The smallest absolute Gasteiger partial charge is 0.352 e. The van der Waals surface area contributed by atoms with Crippen molar-refractivity contribution in [3.8, 4) is 0 Å². The second-order valence-electron chi connectivity index (χ2n) is 4.97. The molecule has 0 radical (unpaired) electrons. The Labute approximate surface area is 128 Å². The zero-order valence-corrected chi connectivity index (χ0v) is 12.5. The van der Waals surface area contributed by atoms with Crippen LogP contribution in [0.15, 0.2) is 16.4 Å². The standard InChI is InChI=1S/C10H12N6O3S2/c1-14-7-6(21-16(14)13-12-7)3-2-20-9-4(11)8(17)15(9)5(3)10(18)19/h4,6,9,13H,2,11H2,1H3,(H,18,19)/t4-,6?,9?/m1/s1. The van der Waals surface area contributed by atoms with Gasteiger partial charge >= 0.3 is 5.97 Å². The predicted octanol–water partition coefficient (Wildman–Crippen LogP) is -1.42. The summed E-state index contributed by atoms with van der Waals surface area (Å²) in [6, 6.07) is -0.607. The van der Waals surface area contributed by atoms with Crippen molar-refractivity contribution in [2.75, 3.05) is 12.8 Å². The van der Waals surface area contributed by atoms with Gasteiger partial charge in [-0.2, -0.15) is 0 Å². The van der Waals surface area contributed by atoms with Gasteiger partial charge in [0.1, 0.15) is 22.4 Å². The Morgan fingerprint density at radius 2 is 2.33 bits per heavy atom. The monoisotopic (exact) mass is 328 g/mol. The number of carbonyl (C=O) groups excluding carboxylic acids is 1. The van der Waals surface area contributed by atoms with Gasteiger partial charge in [-0.25, -0.2) is 10.3 Å². The van der Waals surface area contributed by atoms with Gasteiger partial charge in [-0.3, -0.25) is 14.7 Å². The lowest BCUT2D eigenvalue weighted by molar-refractivity contribution is -0.147. The Morgan fingerprint density at radius 3 is 2.90 bits per heavy atom. The maximum Gasteiger partial charge on any atom is 0.352 e. The molecule has 21 heavy (non-hydrogen) atoms. The molecule has 1 amide bonds. The first-order chi connectivity index (χ1) is 10.0. The summed E-state index contributed by atoms with van der Waals surface area (Å²) in [6.07, 6.45) is 0. The zero-order chi connectivity index (χ0) is 14.9. The molecule has 4 aliphatic heterocycles. The van der Waals surface area contributed by atoms with Crippen LogP contribution in [0.4, 0.5) is 0 Å². The highest BCUT2D eigenvalue weighted by Crippen LogP contribution is 2.45. The third kappa shape index (κ3) is 1.59. The number of hydrogen-bond acceptors (Lipinski definition) is 9. The molecule has 4 N–H and O–H groups in total. The molecule has 3 unspecified atom stereocenters. The van der Waals surface area contributed by atoms with Crippen molar-refractivity contribution in [2.45, 2.75) is 16.7 Å². The number of hydrogen-bond donors (Lipinski definition) is 3. The van der Waals surface area contributed by atoms with Gasteiger partial charge in [-0.1, -0.05) is 4.52 Å². The molecule has 11 heteroatoms. The Balaban J connectivity index is 1.76. The molecule has 2 bridgehead atoms. The van der Waals surface area contributed by atoms with Crippen molar-refractivity contribution in [1.29, 1.82) is 0 Å². The minimum atomic E-state index is -1.09. The molecule has 9 nitrogen and oxygen atoms in total. The minimum absolute atomic E-state index is 0.0628. The molecule has 4 aliphatic rings. The molecule has 0 aliphatic carbocycles. The van der Waals surface area contributed by atoms with Crippen LogP contribution in [-0.4, -0.2) is 66.7 Å². The maximum atomic E-state index is 11.9. The second kappa shape index (κ2) is 4.29. The molecule has 4 atom stereocenters. The van der Waals surface area contributed by atoms with E-state index in [2.05, 4.69) is 10.6 Å². The number of amides is 1. The average Bonchev–Trinajstić information content (AvgIpc) is 2.99. The first kappa shape index (κ1) is 13.2. The van der Waals surface area contributed by atoms with Gasteiger partial charge < -0.3 is 10.8 Å². The van der Waals surface area contributed by atoms with E-state index in [1.54, 1.807) is 4.52 Å². The summed E-state index contributed by atoms with van der Waals surface area (Å²) in [6.45, 7) is 0. The van der Waals surface area contributed by atoms with Crippen LogP contribution in [0.25, 0.3) is 0 Å². The van der Waals surface area contributed by atoms with Crippen molar-refractivity contribution in [3.05, 3.63) is 11.3 Å². The zero-order valence-electron chi connectivity index (χ0n) is 10.9. The van der Waals surface area contributed by atoms with E-state index in [9.17, 15) is 14.7 Å². The topological polar surface area (TPSA) is 114 Å². The van der Waals surface area contributed by atoms with Gasteiger partial charge in [-0.05, 0) is 17.5 Å². The molecule has 2 fully saturated rings. The molecule has 2 saturated heterocycles. The van der Waals surface area contributed by atoms with Crippen LogP contribution in [0.5, 0.6) is 0 Å². The maximum absolute atomic E-state index is 11.9. The van der Waals surface area contributed by atoms with Gasteiger partial charge in [0.15, 0.2) is 5.84 Å². The molecule has 0 aromatic carbocycles. The molecule has 0 aromatic heterocycles. The molecule has 4 rings (SSSR count). The van der Waals surface area contributed by atoms with Crippen LogP contribution in [0.3, 0.4) is 0 Å². The van der Waals surface area contributed by atoms with Crippen LogP contribution in [0.2, 0.25) is 0 Å². The normalized spacial score (nSPS) is 37.2. The lowest BCUT2D eigenvalue weighted by Gasteiger charge is -2.48. The summed E-state index contributed by atoms with van der Waals surface area (Å²) in [4.78, 5) is 24.9. The first-order valence-electron chi connectivity index (χ1n) is 6.21. The number of carboxylic acids is 1. The highest BCUT2D eigenvalue weighted by molar-refractivity contribution is 8.01. The number of hydrazine groups is 2. The summed E-state index contributed by atoms with van der Waals surface area (Å²) in [5, 5.41) is 15.1. The highest BCUT2D eigenvalue weighted by Gasteiger charge is 2.54. The van der Waals surface area contributed by atoms with Crippen LogP contribution >= 0.6 is 23.7 Å². The molecule has 0 spiro atoms. The van der Waals surface area contributed by atoms with Crippen molar-refractivity contribution >= 4 is 41.4 Å². The Bertz CT molecular complexity index is 622. The summed E-state index contributed by atoms with van der Waals surface area (Å²) >= 11 is 2.94. The van der Waals surface area contributed by atoms with Crippen molar-refractivity contribution in [2.24, 2.45) is 10.8 Å². The van der Waals surface area contributed by atoms with E-state index in [-0.39, 0.29) is 22.2 Å². The number of carbonyl (C=O) groups is 2. The first-order valence-corrected chi connectivity index (χ1v) is 8.09. The third-order valence-electron chi connectivity index (χ3n) is 3.85. The Morgan fingerprint density at radius 1 is 1.57 bits per heavy atom. The number of amidine groups is 1. The number of nitrogens with zero attached hydrogens (tertiary/aromatic N) is 4. The van der Waals surface area contributed by atoms with E-state index in [1.165, 1.54) is 28.6 Å². The molecule has 0 saturated carbocycles. The van der Waals surface area contributed by atoms with Gasteiger partial charge in [0.25, 0.3) is 0 Å². The third-order valence-corrected chi connectivity index (χ3v) is 6.41. The van der Waals surface area contributed by atoms with E-state index in [1.807, 2.05) is 12.1 Å². The Kier molecular flexibility index (Phi) is 2.70. The lowest BCUT2D eigenvalue weighted by atomic mass is 10.0. The summed E-state index contributed by atoms with van der Waals surface area (Å²) < 4.78 is 1.73. The fourth-order valence-corrected chi connectivity index (χ4v) is 5.33. The number of nitrogens with one attached hydrogen (secondary N) is 1. The van der Waals surface area contributed by atoms with Gasteiger partial charge in [0, 0.05) is 12.8 Å². The molecule has 0 aromatic rings. The van der Waals surface area contributed by atoms with E-state index in [4.69, 9.17) is 5.73 Å².